The summed E-state index contributed by atoms with van der Waals surface area (Å²) in [6.45, 7) is 1.19. The third-order valence-corrected chi connectivity index (χ3v) is 3.54. The highest BCUT2D eigenvalue weighted by Gasteiger charge is 2.34. The van der Waals surface area contributed by atoms with E-state index in [9.17, 15) is 18.0 Å². The molecule has 100 valence electrons. The quantitative estimate of drug-likeness (QED) is 0.819. The lowest BCUT2D eigenvalue weighted by Gasteiger charge is -2.22. The van der Waals surface area contributed by atoms with Crippen molar-refractivity contribution in [2.75, 3.05) is 0 Å². The van der Waals surface area contributed by atoms with E-state index in [1.54, 1.807) is 18.2 Å². The highest BCUT2D eigenvalue weighted by Crippen LogP contribution is 2.36. The third kappa shape index (κ3) is 4.61. The fourth-order valence-electron chi connectivity index (χ4n) is 1.55. The molecule has 0 fully saturated rings. The first-order chi connectivity index (χ1) is 8.20. The Kier molecular flexibility index (Phi) is 5.21. The fourth-order valence-corrected chi connectivity index (χ4v) is 3.10. The Labute approximate surface area is 119 Å². The number of rotatable bonds is 3. The van der Waals surface area contributed by atoms with Gasteiger partial charge < -0.3 is 5.32 Å². The van der Waals surface area contributed by atoms with Crippen molar-refractivity contribution in [2.45, 2.75) is 25.6 Å². The van der Waals surface area contributed by atoms with Crippen molar-refractivity contribution in [3.05, 3.63) is 32.7 Å². The summed E-state index contributed by atoms with van der Waals surface area (Å²) in [7, 11) is 0. The molecule has 0 radical (unpaired) electrons. The van der Waals surface area contributed by atoms with Crippen LogP contribution in [0.1, 0.15) is 24.9 Å². The third-order valence-electron chi connectivity index (χ3n) is 2.16. The van der Waals surface area contributed by atoms with Gasteiger partial charge in [0.1, 0.15) is 0 Å². The van der Waals surface area contributed by atoms with Gasteiger partial charge >= 0.3 is 6.18 Å². The smallest absolute Gasteiger partial charge is 0.349 e. The minimum atomic E-state index is -4.36. The zero-order chi connectivity index (χ0) is 13.9. The number of hydrogen-bond acceptors (Lipinski definition) is 1. The standard InChI is InChI=1S/C11H10Br2F3NO/c1-6(18)17-9(5-11(14,15)16)10-7(12)3-2-4-8(10)13/h2-4,9H,5H2,1H3,(H,17,18). The van der Waals surface area contributed by atoms with Gasteiger partial charge in [-0.1, -0.05) is 37.9 Å². The van der Waals surface area contributed by atoms with Crippen LogP contribution in [0.3, 0.4) is 0 Å². The van der Waals surface area contributed by atoms with Gasteiger partial charge in [0, 0.05) is 21.4 Å². The van der Waals surface area contributed by atoms with Gasteiger partial charge in [0.2, 0.25) is 5.91 Å². The molecular formula is C11H10Br2F3NO. The number of benzene rings is 1. The second-order valence-electron chi connectivity index (χ2n) is 3.71. The molecule has 18 heavy (non-hydrogen) atoms. The second-order valence-corrected chi connectivity index (χ2v) is 5.42. The van der Waals surface area contributed by atoms with E-state index in [2.05, 4.69) is 37.2 Å². The van der Waals surface area contributed by atoms with Gasteiger partial charge in [-0.2, -0.15) is 13.2 Å². The van der Waals surface area contributed by atoms with E-state index >= 15 is 0 Å². The number of amides is 1. The van der Waals surface area contributed by atoms with Crippen LogP contribution < -0.4 is 5.32 Å². The van der Waals surface area contributed by atoms with Crippen LogP contribution in [0.4, 0.5) is 13.2 Å². The maximum atomic E-state index is 12.5. The van der Waals surface area contributed by atoms with E-state index in [0.717, 1.165) is 0 Å². The van der Waals surface area contributed by atoms with Crippen LogP contribution in [0.25, 0.3) is 0 Å². The van der Waals surface area contributed by atoms with Crippen molar-refractivity contribution in [1.29, 1.82) is 0 Å². The van der Waals surface area contributed by atoms with E-state index < -0.39 is 24.5 Å². The Bertz CT molecular complexity index is 428. The molecule has 1 unspecified atom stereocenters. The summed E-state index contributed by atoms with van der Waals surface area (Å²) >= 11 is 6.39. The van der Waals surface area contributed by atoms with E-state index in [1.807, 2.05) is 0 Å². The molecule has 0 aromatic heterocycles. The molecule has 1 rings (SSSR count). The van der Waals surface area contributed by atoms with E-state index in [0.29, 0.717) is 14.5 Å². The number of hydrogen-bond donors (Lipinski definition) is 1. The van der Waals surface area contributed by atoms with Crippen molar-refractivity contribution >= 4 is 37.8 Å². The topological polar surface area (TPSA) is 29.1 Å². The molecule has 0 saturated carbocycles. The average Bonchev–Trinajstić information content (AvgIpc) is 2.13. The van der Waals surface area contributed by atoms with Gasteiger partial charge in [-0.15, -0.1) is 0 Å². The first-order valence-corrected chi connectivity index (χ1v) is 6.57. The lowest BCUT2D eigenvalue weighted by molar-refractivity contribution is -0.142. The van der Waals surface area contributed by atoms with E-state index in [4.69, 9.17) is 0 Å². The van der Waals surface area contributed by atoms with Crippen molar-refractivity contribution < 1.29 is 18.0 Å². The summed E-state index contributed by atoms with van der Waals surface area (Å²) < 4.78 is 38.6. The number of carbonyl (C=O) groups excluding carboxylic acids is 1. The van der Waals surface area contributed by atoms with Gasteiger partial charge in [-0.25, -0.2) is 0 Å². The molecule has 0 spiro atoms. The van der Waals surface area contributed by atoms with Gasteiger partial charge in [0.15, 0.2) is 0 Å². The van der Waals surface area contributed by atoms with Gasteiger partial charge in [-0.3, -0.25) is 4.79 Å². The zero-order valence-electron chi connectivity index (χ0n) is 9.31. The monoisotopic (exact) mass is 387 g/mol. The highest BCUT2D eigenvalue weighted by molar-refractivity contribution is 9.11. The number of halogens is 5. The Morgan fingerprint density at radius 1 is 1.33 bits per heavy atom. The molecule has 0 heterocycles. The summed E-state index contributed by atoms with van der Waals surface area (Å²) in [5.74, 6) is -0.507. The predicted octanol–water partition coefficient (Wildman–Crippen LogP) is 4.34. The van der Waals surface area contributed by atoms with Crippen molar-refractivity contribution in [2.24, 2.45) is 0 Å². The van der Waals surface area contributed by atoms with Crippen LogP contribution in [0.15, 0.2) is 27.1 Å². The van der Waals surface area contributed by atoms with Gasteiger partial charge in [-0.05, 0) is 12.1 Å². The van der Waals surface area contributed by atoms with Crippen molar-refractivity contribution in [1.82, 2.24) is 5.32 Å². The van der Waals surface area contributed by atoms with E-state index in [-0.39, 0.29) is 0 Å². The maximum Gasteiger partial charge on any atom is 0.391 e. The van der Waals surface area contributed by atoms with Crippen LogP contribution in [0.2, 0.25) is 0 Å². The number of nitrogens with one attached hydrogen (secondary N) is 1. The lowest BCUT2D eigenvalue weighted by Crippen LogP contribution is -2.30. The summed E-state index contributed by atoms with van der Waals surface area (Å²) in [5, 5.41) is 2.32. The maximum absolute atomic E-state index is 12.5. The van der Waals surface area contributed by atoms with Crippen LogP contribution in [-0.2, 0) is 4.79 Å². The normalized spacial score (nSPS) is 13.2. The molecule has 1 aromatic carbocycles. The molecule has 0 aliphatic carbocycles. The van der Waals surface area contributed by atoms with Crippen molar-refractivity contribution in [3.63, 3.8) is 0 Å². The van der Waals surface area contributed by atoms with Crippen LogP contribution >= 0.6 is 31.9 Å². The number of carbonyl (C=O) groups is 1. The zero-order valence-corrected chi connectivity index (χ0v) is 12.5. The SMILES string of the molecule is CC(=O)NC(CC(F)(F)F)c1c(Br)cccc1Br. The predicted molar refractivity (Wildman–Crippen MR) is 69.1 cm³/mol. The molecule has 0 bridgehead atoms. The minimum absolute atomic E-state index is 0.380. The molecule has 0 aliphatic heterocycles. The molecule has 7 heteroatoms. The van der Waals surface area contributed by atoms with Crippen LogP contribution in [-0.4, -0.2) is 12.1 Å². The molecule has 2 nitrogen and oxygen atoms in total. The molecule has 0 saturated heterocycles. The summed E-state index contributed by atoms with van der Waals surface area (Å²) in [5.41, 5.74) is 0.380. The lowest BCUT2D eigenvalue weighted by atomic mass is 10.0. The Morgan fingerprint density at radius 3 is 2.22 bits per heavy atom. The molecule has 0 aliphatic rings. The Hall–Kier alpha value is -0.560. The summed E-state index contributed by atoms with van der Waals surface area (Å²) in [6.07, 6.45) is -5.48. The van der Waals surface area contributed by atoms with Crippen LogP contribution in [0.5, 0.6) is 0 Å². The van der Waals surface area contributed by atoms with Gasteiger partial charge in [0.05, 0.1) is 12.5 Å². The van der Waals surface area contributed by atoms with Crippen LogP contribution in [0, 0.1) is 0 Å². The first-order valence-electron chi connectivity index (χ1n) is 4.98. The van der Waals surface area contributed by atoms with Gasteiger partial charge in [0.25, 0.3) is 0 Å². The molecule has 1 aromatic rings. The second kappa shape index (κ2) is 6.06. The average molecular weight is 389 g/mol. The summed E-state index contributed by atoms with van der Waals surface area (Å²) in [4.78, 5) is 11.0. The van der Waals surface area contributed by atoms with E-state index in [1.165, 1.54) is 6.92 Å². The summed E-state index contributed by atoms with van der Waals surface area (Å²) in [6, 6.07) is 3.83. The van der Waals surface area contributed by atoms with Crippen molar-refractivity contribution in [3.8, 4) is 0 Å². The first kappa shape index (κ1) is 15.5. The largest absolute Gasteiger partial charge is 0.391 e. The highest BCUT2D eigenvalue weighted by atomic mass is 79.9. The Balaban J connectivity index is 3.13. The molecular weight excluding hydrogens is 379 g/mol. The Morgan fingerprint density at radius 2 is 1.83 bits per heavy atom. The number of alkyl halides is 3. The minimum Gasteiger partial charge on any atom is -0.349 e. The molecule has 1 atom stereocenters. The molecule has 1 N–H and O–H groups in total. The molecule has 1 amide bonds. The fraction of sp³-hybridized carbons (Fsp3) is 0.364.